The highest BCUT2D eigenvalue weighted by Gasteiger charge is 2.19. The lowest BCUT2D eigenvalue weighted by atomic mass is 10.2. The predicted molar refractivity (Wildman–Crippen MR) is 122 cm³/mol. The van der Waals surface area contributed by atoms with E-state index in [4.69, 9.17) is 0 Å². The second-order valence-electron chi connectivity index (χ2n) is 7.07. The molecule has 0 radical (unpaired) electrons. The highest BCUT2D eigenvalue weighted by Crippen LogP contribution is 2.30. The SMILES string of the molecule is CC(Sc1ncnc2c1cnn2-c1ccc(F)cc1)C(=O)Nc1cccc2ncccc12. The Labute approximate surface area is 186 Å². The van der Waals surface area contributed by atoms with E-state index in [1.807, 2.05) is 37.3 Å². The van der Waals surface area contributed by atoms with Gasteiger partial charge < -0.3 is 5.32 Å². The number of aromatic nitrogens is 5. The Balaban J connectivity index is 1.39. The van der Waals surface area contributed by atoms with Gasteiger partial charge in [-0.15, -0.1) is 0 Å². The molecule has 0 bridgehead atoms. The molecule has 0 fully saturated rings. The van der Waals surface area contributed by atoms with Crippen LogP contribution >= 0.6 is 11.8 Å². The van der Waals surface area contributed by atoms with Crippen molar-refractivity contribution < 1.29 is 9.18 Å². The average Bonchev–Trinajstić information content (AvgIpc) is 3.25. The summed E-state index contributed by atoms with van der Waals surface area (Å²) in [6.07, 6.45) is 4.81. The van der Waals surface area contributed by atoms with Crippen molar-refractivity contribution >= 4 is 45.3 Å². The van der Waals surface area contributed by atoms with E-state index in [0.717, 1.165) is 16.3 Å². The fraction of sp³-hybridized carbons (Fsp3) is 0.0870. The van der Waals surface area contributed by atoms with Crippen LogP contribution in [-0.4, -0.2) is 35.9 Å². The van der Waals surface area contributed by atoms with Crippen LogP contribution in [0.1, 0.15) is 6.92 Å². The molecular formula is C23H17FN6OS. The summed E-state index contributed by atoms with van der Waals surface area (Å²) in [6, 6.07) is 15.4. The largest absolute Gasteiger partial charge is 0.324 e. The minimum atomic E-state index is -0.422. The lowest BCUT2D eigenvalue weighted by Gasteiger charge is -2.13. The smallest absolute Gasteiger partial charge is 0.237 e. The fourth-order valence-corrected chi connectivity index (χ4v) is 4.24. The summed E-state index contributed by atoms with van der Waals surface area (Å²) in [7, 11) is 0. The number of anilines is 1. The van der Waals surface area contributed by atoms with E-state index in [2.05, 4.69) is 25.4 Å². The molecule has 5 rings (SSSR count). The lowest BCUT2D eigenvalue weighted by Crippen LogP contribution is -2.22. The molecule has 3 aromatic heterocycles. The molecule has 1 amide bonds. The molecule has 32 heavy (non-hydrogen) atoms. The average molecular weight is 444 g/mol. The van der Waals surface area contributed by atoms with E-state index in [-0.39, 0.29) is 11.7 Å². The van der Waals surface area contributed by atoms with Gasteiger partial charge in [0.05, 0.1) is 33.7 Å². The number of carbonyl (C=O) groups excluding carboxylic acids is 1. The molecule has 5 aromatic rings. The third kappa shape index (κ3) is 3.78. The van der Waals surface area contributed by atoms with Crippen LogP contribution in [-0.2, 0) is 4.79 Å². The first kappa shape index (κ1) is 20.1. The fourth-order valence-electron chi connectivity index (χ4n) is 3.36. The molecule has 1 unspecified atom stereocenters. The van der Waals surface area contributed by atoms with Gasteiger partial charge in [-0.25, -0.2) is 19.0 Å². The van der Waals surface area contributed by atoms with Gasteiger partial charge in [0.25, 0.3) is 0 Å². The maximum absolute atomic E-state index is 13.3. The number of benzene rings is 2. The number of carbonyl (C=O) groups is 1. The van der Waals surface area contributed by atoms with Crippen LogP contribution in [0, 0.1) is 5.82 Å². The third-order valence-electron chi connectivity index (χ3n) is 4.96. The molecule has 1 N–H and O–H groups in total. The van der Waals surface area contributed by atoms with Gasteiger partial charge in [0.1, 0.15) is 17.2 Å². The van der Waals surface area contributed by atoms with Gasteiger partial charge in [-0.2, -0.15) is 5.10 Å². The molecule has 0 aliphatic rings. The molecule has 9 heteroatoms. The van der Waals surface area contributed by atoms with Crippen LogP contribution in [0.15, 0.2) is 78.3 Å². The topological polar surface area (TPSA) is 85.6 Å². The Hall–Kier alpha value is -3.85. The van der Waals surface area contributed by atoms with Crippen molar-refractivity contribution in [3.63, 3.8) is 0 Å². The minimum Gasteiger partial charge on any atom is -0.324 e. The standard InChI is InChI=1S/C23H17FN6OS/c1-14(22(31)29-20-6-2-5-19-17(20)4-3-11-25-19)32-23-18-12-28-30(21(18)26-13-27-23)16-9-7-15(24)8-10-16/h2-14H,1H3,(H,29,31). The normalized spacial score (nSPS) is 12.2. The molecule has 0 spiro atoms. The second-order valence-corrected chi connectivity index (χ2v) is 8.40. The van der Waals surface area contributed by atoms with E-state index in [1.165, 1.54) is 30.2 Å². The van der Waals surface area contributed by atoms with Crippen LogP contribution in [0.3, 0.4) is 0 Å². The molecular weight excluding hydrogens is 427 g/mol. The molecule has 3 heterocycles. The van der Waals surface area contributed by atoms with E-state index in [9.17, 15) is 9.18 Å². The number of thioether (sulfide) groups is 1. The zero-order valence-corrected chi connectivity index (χ0v) is 17.8. The van der Waals surface area contributed by atoms with Crippen molar-refractivity contribution in [1.82, 2.24) is 24.7 Å². The quantitative estimate of drug-likeness (QED) is 0.314. The van der Waals surface area contributed by atoms with Crippen LogP contribution in [0.4, 0.5) is 10.1 Å². The molecule has 0 saturated carbocycles. The Bertz CT molecular complexity index is 1430. The van der Waals surface area contributed by atoms with Crippen molar-refractivity contribution in [2.24, 2.45) is 0 Å². The van der Waals surface area contributed by atoms with E-state index < -0.39 is 5.25 Å². The Morgan fingerprint density at radius 1 is 1.03 bits per heavy atom. The second kappa shape index (κ2) is 8.35. The number of halogens is 1. The molecule has 1 atom stereocenters. The van der Waals surface area contributed by atoms with Crippen molar-refractivity contribution in [3.8, 4) is 5.69 Å². The van der Waals surface area contributed by atoms with Gasteiger partial charge in [-0.1, -0.05) is 17.8 Å². The number of nitrogens with one attached hydrogen (secondary N) is 1. The number of hydrogen-bond acceptors (Lipinski definition) is 6. The van der Waals surface area contributed by atoms with Crippen LogP contribution < -0.4 is 5.32 Å². The van der Waals surface area contributed by atoms with E-state index in [1.54, 1.807) is 29.2 Å². The van der Waals surface area contributed by atoms with Gasteiger partial charge in [0, 0.05) is 11.6 Å². The summed E-state index contributed by atoms with van der Waals surface area (Å²) in [5.74, 6) is -0.470. The number of rotatable bonds is 5. The Morgan fingerprint density at radius 3 is 2.72 bits per heavy atom. The van der Waals surface area contributed by atoms with E-state index >= 15 is 0 Å². The van der Waals surface area contributed by atoms with Crippen molar-refractivity contribution in [2.75, 3.05) is 5.32 Å². The number of amides is 1. The Kier molecular flexibility index (Phi) is 5.24. The molecule has 7 nitrogen and oxygen atoms in total. The summed E-state index contributed by atoms with van der Waals surface area (Å²) < 4.78 is 14.9. The molecule has 0 aliphatic carbocycles. The van der Waals surface area contributed by atoms with E-state index in [0.29, 0.717) is 22.0 Å². The summed E-state index contributed by atoms with van der Waals surface area (Å²) in [6.45, 7) is 1.82. The zero-order valence-electron chi connectivity index (χ0n) is 16.9. The number of nitrogens with zero attached hydrogens (tertiary/aromatic N) is 5. The summed E-state index contributed by atoms with van der Waals surface area (Å²) in [4.78, 5) is 25.9. The van der Waals surface area contributed by atoms with Gasteiger partial charge in [0.2, 0.25) is 5.91 Å². The van der Waals surface area contributed by atoms with Gasteiger partial charge in [0.15, 0.2) is 5.65 Å². The third-order valence-corrected chi connectivity index (χ3v) is 6.08. The maximum atomic E-state index is 13.3. The summed E-state index contributed by atoms with van der Waals surface area (Å²) in [5, 5.41) is 9.19. The molecule has 158 valence electrons. The molecule has 2 aromatic carbocycles. The van der Waals surface area contributed by atoms with Crippen molar-refractivity contribution in [3.05, 3.63) is 79.1 Å². The summed E-state index contributed by atoms with van der Waals surface area (Å²) >= 11 is 1.32. The van der Waals surface area contributed by atoms with Crippen molar-refractivity contribution in [2.45, 2.75) is 17.2 Å². The number of hydrogen-bond donors (Lipinski definition) is 1. The van der Waals surface area contributed by atoms with Gasteiger partial charge in [-0.3, -0.25) is 9.78 Å². The lowest BCUT2D eigenvalue weighted by molar-refractivity contribution is -0.115. The van der Waals surface area contributed by atoms with Gasteiger partial charge in [-0.05, 0) is 55.5 Å². The van der Waals surface area contributed by atoms with Crippen LogP contribution in [0.25, 0.3) is 27.6 Å². The number of fused-ring (bicyclic) bond motifs is 2. The first-order valence-corrected chi connectivity index (χ1v) is 10.7. The van der Waals surface area contributed by atoms with Crippen molar-refractivity contribution in [1.29, 1.82) is 0 Å². The maximum Gasteiger partial charge on any atom is 0.237 e. The Morgan fingerprint density at radius 2 is 1.88 bits per heavy atom. The summed E-state index contributed by atoms with van der Waals surface area (Å²) in [5.41, 5.74) is 2.80. The molecule has 0 saturated heterocycles. The first-order chi connectivity index (χ1) is 15.6. The minimum absolute atomic E-state index is 0.149. The van der Waals surface area contributed by atoms with Crippen LogP contribution in [0.5, 0.6) is 0 Å². The van der Waals surface area contributed by atoms with Crippen LogP contribution in [0.2, 0.25) is 0 Å². The first-order valence-electron chi connectivity index (χ1n) is 9.86. The predicted octanol–water partition coefficient (Wildman–Crippen LogP) is 4.62. The molecule has 0 aliphatic heterocycles. The van der Waals surface area contributed by atoms with Gasteiger partial charge >= 0.3 is 0 Å². The zero-order chi connectivity index (χ0) is 22.1. The highest BCUT2D eigenvalue weighted by molar-refractivity contribution is 8.00. The number of pyridine rings is 1. The monoisotopic (exact) mass is 444 g/mol. The highest BCUT2D eigenvalue weighted by atomic mass is 32.2.